The minimum atomic E-state index is -0.617. The number of hydrogen-bond donors (Lipinski definition) is 3. The van der Waals surface area contributed by atoms with Gasteiger partial charge < -0.3 is 19.2 Å². The highest BCUT2D eigenvalue weighted by atomic mass is 27.1. The lowest BCUT2D eigenvalue weighted by atomic mass is 10.6. The van der Waals surface area contributed by atoms with E-state index in [1.165, 1.54) is 0 Å². The highest BCUT2D eigenvalue weighted by Crippen LogP contribution is 1.81. The Hall–Kier alpha value is 0.372. The molecule has 0 fully saturated rings. The van der Waals surface area contributed by atoms with E-state index in [1.807, 2.05) is 3.88 Å². The number of aliphatic hydroxyl groups excluding tert-OH is 3. The summed E-state index contributed by atoms with van der Waals surface area (Å²) in [6, 6.07) is 0. The smallest absolute Gasteiger partial charge is 0.379 e. The zero-order chi connectivity index (χ0) is 7.82. The fourth-order valence-electron chi connectivity index (χ4n) is 0.760. The Morgan fingerprint density at radius 1 is 1.00 bits per heavy atom. The normalized spacial score (nSPS) is 10.4. The van der Waals surface area contributed by atoms with Gasteiger partial charge in [-0.3, -0.25) is 0 Å². The van der Waals surface area contributed by atoms with E-state index in [0.717, 1.165) is 0 Å². The first kappa shape index (κ1) is 10.4. The third kappa shape index (κ3) is 5.18. The molecule has 60 valence electrons. The minimum absolute atomic E-state index is 0.104. The lowest BCUT2D eigenvalue weighted by Gasteiger charge is -2.17. The van der Waals surface area contributed by atoms with Gasteiger partial charge in [-0.2, -0.15) is 0 Å². The molecule has 0 aromatic rings. The molecule has 0 heterocycles. The van der Waals surface area contributed by atoms with Gasteiger partial charge in [0.2, 0.25) is 0 Å². The monoisotopic (exact) mass is 163 g/mol. The van der Waals surface area contributed by atoms with E-state index in [9.17, 15) is 0 Å². The summed E-state index contributed by atoms with van der Waals surface area (Å²) in [4.78, 5) is 0. The zero-order valence-corrected chi connectivity index (χ0v) is 7.45. The third-order valence-corrected chi connectivity index (χ3v) is 2.71. The van der Waals surface area contributed by atoms with E-state index in [4.69, 9.17) is 15.3 Å². The highest BCUT2D eigenvalue weighted by Gasteiger charge is 2.03. The average molecular weight is 163 g/mol. The van der Waals surface area contributed by atoms with Gasteiger partial charge >= 0.3 is 15.4 Å². The number of nitrogens with zero attached hydrogens (tertiary/aromatic N) is 1. The van der Waals surface area contributed by atoms with E-state index >= 15 is 0 Å². The van der Waals surface area contributed by atoms with Gasteiger partial charge in [-0.15, -0.1) is 0 Å². The van der Waals surface area contributed by atoms with Gasteiger partial charge in [-0.1, -0.05) is 0 Å². The van der Waals surface area contributed by atoms with Crippen molar-refractivity contribution in [3.63, 3.8) is 0 Å². The Kier molecular flexibility index (Phi) is 7.76. The average Bonchev–Trinajstić information content (AvgIpc) is 1.90. The van der Waals surface area contributed by atoms with Crippen LogP contribution in [0.3, 0.4) is 0 Å². The molecule has 0 aliphatic carbocycles. The van der Waals surface area contributed by atoms with Crippen LogP contribution in [0.4, 0.5) is 0 Å². The second-order valence-electron chi connectivity index (χ2n) is 2.01. The molecule has 0 atom stereocenters. The van der Waals surface area contributed by atoms with Crippen molar-refractivity contribution in [2.24, 2.45) is 0 Å². The highest BCUT2D eigenvalue weighted by molar-refractivity contribution is 6.31. The van der Waals surface area contributed by atoms with Crippen molar-refractivity contribution in [2.75, 3.05) is 31.8 Å². The van der Waals surface area contributed by atoms with Crippen LogP contribution >= 0.6 is 0 Å². The van der Waals surface area contributed by atoms with Crippen molar-refractivity contribution < 1.29 is 15.3 Å². The van der Waals surface area contributed by atoms with Crippen LogP contribution in [0.25, 0.3) is 0 Å². The number of aliphatic hydroxyl groups is 3. The van der Waals surface area contributed by atoms with Crippen molar-refractivity contribution in [3.05, 3.63) is 0 Å². The molecule has 0 aromatic carbocycles. The Morgan fingerprint density at radius 3 is 1.80 bits per heavy atom. The van der Waals surface area contributed by atoms with E-state index in [2.05, 4.69) is 0 Å². The number of rotatable bonds is 6. The lowest BCUT2D eigenvalue weighted by molar-refractivity contribution is 0.215. The standard InChI is InChI=1S/C4H10NO2.CH3O.Al.H/c6-3-1-5-2-4-7;1-2;;/h6-7H,1-4H2;2H,1H2;;/q-1;;+1;. The van der Waals surface area contributed by atoms with Gasteiger partial charge in [0, 0.05) is 18.6 Å². The molecule has 10 heavy (non-hydrogen) atoms. The molecule has 0 radical (unpaired) electrons. The molecule has 0 spiro atoms. The van der Waals surface area contributed by atoms with Gasteiger partial charge in [-0.25, -0.2) is 0 Å². The van der Waals surface area contributed by atoms with Gasteiger partial charge in [0.15, 0.2) is 0 Å². The first-order valence-corrected chi connectivity index (χ1v) is 5.03. The predicted molar refractivity (Wildman–Crippen MR) is 40.0 cm³/mol. The number of hydrogen-bond acceptors (Lipinski definition) is 4. The van der Waals surface area contributed by atoms with E-state index < -0.39 is 15.4 Å². The molecule has 0 amide bonds. The quantitative estimate of drug-likeness (QED) is 0.381. The summed E-state index contributed by atoms with van der Waals surface area (Å²) in [5.74, 6) is 0. The van der Waals surface area contributed by atoms with E-state index in [1.54, 1.807) is 0 Å². The summed E-state index contributed by atoms with van der Waals surface area (Å²) in [5.41, 5.74) is 0.208. The van der Waals surface area contributed by atoms with Crippen LogP contribution in [0.1, 0.15) is 0 Å². The van der Waals surface area contributed by atoms with Crippen molar-refractivity contribution in [1.82, 2.24) is 3.88 Å². The maximum absolute atomic E-state index is 8.55. The minimum Gasteiger partial charge on any atom is -0.410 e. The molecule has 0 bridgehead atoms. The molecule has 5 heteroatoms. The van der Waals surface area contributed by atoms with Crippen LogP contribution in [-0.4, -0.2) is 66.4 Å². The first-order chi connectivity index (χ1) is 4.85. The van der Waals surface area contributed by atoms with Crippen molar-refractivity contribution in [2.45, 2.75) is 0 Å². The largest absolute Gasteiger partial charge is 0.410 e. The Balaban J connectivity index is 3.30. The first-order valence-electron chi connectivity index (χ1n) is 3.40. The van der Waals surface area contributed by atoms with Crippen LogP contribution in [0.15, 0.2) is 0 Å². The van der Waals surface area contributed by atoms with Gasteiger partial charge in [-0.05, 0) is 0 Å². The second kappa shape index (κ2) is 7.48. The molecule has 0 unspecified atom stereocenters. The zero-order valence-electron chi connectivity index (χ0n) is 6.03. The van der Waals surface area contributed by atoms with Crippen molar-refractivity contribution in [3.8, 4) is 0 Å². The summed E-state index contributed by atoms with van der Waals surface area (Å²) in [5, 5.41) is 25.6. The molecule has 0 saturated heterocycles. The SMILES string of the molecule is OCC[N](CCO)[AlH][CH2]O. The summed E-state index contributed by atoms with van der Waals surface area (Å²) in [6.07, 6.45) is 0. The van der Waals surface area contributed by atoms with Gasteiger partial charge in [0.05, 0.1) is 13.2 Å². The van der Waals surface area contributed by atoms with Crippen LogP contribution in [0, 0.1) is 0 Å². The lowest BCUT2D eigenvalue weighted by Crippen LogP contribution is -2.35. The van der Waals surface area contributed by atoms with E-state index in [-0.39, 0.29) is 18.7 Å². The molecular formula is C5H14AlNO3. The molecule has 0 aliphatic heterocycles. The van der Waals surface area contributed by atoms with Crippen LogP contribution in [0.5, 0.6) is 0 Å². The molecule has 0 rings (SSSR count). The summed E-state index contributed by atoms with van der Waals surface area (Å²) in [6.45, 7) is 1.36. The van der Waals surface area contributed by atoms with Crippen LogP contribution in [-0.2, 0) is 0 Å². The second-order valence-corrected chi connectivity index (χ2v) is 3.80. The molecule has 4 nitrogen and oxygen atoms in total. The summed E-state index contributed by atoms with van der Waals surface area (Å²) < 4.78 is 1.93. The van der Waals surface area contributed by atoms with Crippen molar-refractivity contribution in [1.29, 1.82) is 0 Å². The van der Waals surface area contributed by atoms with Gasteiger partial charge in [0.25, 0.3) is 0 Å². The van der Waals surface area contributed by atoms with E-state index in [0.29, 0.717) is 13.1 Å². The fraction of sp³-hybridized carbons (Fsp3) is 1.00. The van der Waals surface area contributed by atoms with Gasteiger partial charge in [0.1, 0.15) is 0 Å². The molecule has 0 saturated carbocycles. The molecular weight excluding hydrogens is 149 g/mol. The maximum atomic E-state index is 8.55. The Labute approximate surface area is 67.0 Å². The Bertz CT molecular complexity index is 59.6. The van der Waals surface area contributed by atoms with Crippen molar-refractivity contribution >= 4 is 15.4 Å². The third-order valence-electron chi connectivity index (χ3n) is 1.25. The fourth-order valence-corrected chi connectivity index (χ4v) is 1.77. The summed E-state index contributed by atoms with van der Waals surface area (Å²) >= 11 is -0.617. The topological polar surface area (TPSA) is 63.9 Å². The Morgan fingerprint density at radius 2 is 1.50 bits per heavy atom. The molecule has 0 aromatic heterocycles. The predicted octanol–water partition coefficient (Wildman–Crippen LogP) is -2.43. The summed E-state index contributed by atoms with van der Waals surface area (Å²) in [7, 11) is 0. The molecule has 3 N–H and O–H groups in total. The van der Waals surface area contributed by atoms with Crippen LogP contribution in [0.2, 0.25) is 0 Å². The molecule has 0 aliphatic rings. The van der Waals surface area contributed by atoms with Crippen LogP contribution < -0.4 is 0 Å². The maximum Gasteiger partial charge on any atom is 0.379 e.